The predicted octanol–water partition coefficient (Wildman–Crippen LogP) is 2.78. The van der Waals surface area contributed by atoms with Crippen molar-refractivity contribution >= 4 is 40.9 Å². The van der Waals surface area contributed by atoms with E-state index in [0.29, 0.717) is 15.8 Å². The molecule has 6 heteroatoms. The number of benzene rings is 1. The Bertz CT molecular complexity index is 427. The third kappa shape index (κ3) is 2.46. The highest BCUT2D eigenvalue weighted by atomic mass is 35.5. The van der Waals surface area contributed by atoms with Crippen molar-refractivity contribution in [2.24, 2.45) is 0 Å². The van der Waals surface area contributed by atoms with Gasteiger partial charge in [-0.25, -0.2) is 0 Å². The van der Waals surface area contributed by atoms with Crippen molar-refractivity contribution in [1.29, 1.82) is 0 Å². The molecular formula is C10H9Cl2NO2S. The van der Waals surface area contributed by atoms with E-state index in [1.165, 1.54) is 11.8 Å². The molecule has 1 fully saturated rings. The standard InChI is InChI=1S/C10H9Cl2NO2S/c11-5-1-2-6(7(12)3-5)9-13-8(4-16-9)10(14)15/h1-3,8-9,13H,4H2,(H,14,15)/t8-,9+/m0/s1. The van der Waals surface area contributed by atoms with E-state index in [2.05, 4.69) is 5.32 Å². The molecule has 2 rings (SSSR count). The van der Waals surface area contributed by atoms with Gasteiger partial charge >= 0.3 is 5.97 Å². The highest BCUT2D eigenvalue weighted by Gasteiger charge is 2.31. The first-order valence-corrected chi connectivity index (χ1v) is 6.44. The van der Waals surface area contributed by atoms with Crippen molar-refractivity contribution in [3.8, 4) is 0 Å². The number of hydrogen-bond donors (Lipinski definition) is 2. The van der Waals surface area contributed by atoms with Gasteiger partial charge in [0.05, 0.1) is 5.37 Å². The van der Waals surface area contributed by atoms with Gasteiger partial charge in [0.15, 0.2) is 0 Å². The van der Waals surface area contributed by atoms with E-state index in [9.17, 15) is 4.79 Å². The summed E-state index contributed by atoms with van der Waals surface area (Å²) in [5.41, 5.74) is 0.875. The summed E-state index contributed by atoms with van der Waals surface area (Å²) >= 11 is 13.4. The van der Waals surface area contributed by atoms with Crippen LogP contribution < -0.4 is 5.32 Å². The van der Waals surface area contributed by atoms with Gasteiger partial charge < -0.3 is 5.11 Å². The zero-order valence-electron chi connectivity index (χ0n) is 8.11. The van der Waals surface area contributed by atoms with Gasteiger partial charge in [0.25, 0.3) is 0 Å². The lowest BCUT2D eigenvalue weighted by Crippen LogP contribution is -2.33. The Balaban J connectivity index is 2.17. The van der Waals surface area contributed by atoms with Crippen molar-refractivity contribution in [1.82, 2.24) is 5.32 Å². The van der Waals surface area contributed by atoms with Crippen LogP contribution in [0.5, 0.6) is 0 Å². The minimum Gasteiger partial charge on any atom is -0.480 e. The first-order valence-electron chi connectivity index (χ1n) is 4.63. The third-order valence-electron chi connectivity index (χ3n) is 2.33. The maximum atomic E-state index is 10.8. The summed E-state index contributed by atoms with van der Waals surface area (Å²) < 4.78 is 0. The molecule has 0 spiro atoms. The van der Waals surface area contributed by atoms with Crippen LogP contribution in [0, 0.1) is 0 Å². The minimum atomic E-state index is -0.833. The molecule has 3 nitrogen and oxygen atoms in total. The molecule has 1 aromatic rings. The lowest BCUT2D eigenvalue weighted by molar-refractivity contribution is -0.138. The predicted molar refractivity (Wildman–Crippen MR) is 66.2 cm³/mol. The van der Waals surface area contributed by atoms with Crippen LogP contribution >= 0.6 is 35.0 Å². The van der Waals surface area contributed by atoms with Crippen LogP contribution in [0.2, 0.25) is 10.0 Å². The van der Waals surface area contributed by atoms with Crippen molar-refractivity contribution < 1.29 is 9.90 Å². The van der Waals surface area contributed by atoms with E-state index >= 15 is 0 Å². The Hall–Kier alpha value is -0.420. The molecule has 1 aliphatic heterocycles. The maximum Gasteiger partial charge on any atom is 0.321 e. The van der Waals surface area contributed by atoms with Crippen molar-refractivity contribution in [3.63, 3.8) is 0 Å². The van der Waals surface area contributed by atoms with Crippen molar-refractivity contribution in [2.75, 3.05) is 5.75 Å². The van der Waals surface area contributed by atoms with E-state index in [-0.39, 0.29) is 5.37 Å². The van der Waals surface area contributed by atoms with Crippen LogP contribution in [0.15, 0.2) is 18.2 Å². The van der Waals surface area contributed by atoms with Crippen LogP contribution in [0.3, 0.4) is 0 Å². The average molecular weight is 278 g/mol. The van der Waals surface area contributed by atoms with E-state index in [1.807, 2.05) is 6.07 Å². The quantitative estimate of drug-likeness (QED) is 0.873. The number of carboxylic acid groups (broad SMARTS) is 1. The number of nitrogens with one attached hydrogen (secondary N) is 1. The average Bonchev–Trinajstić information content (AvgIpc) is 2.66. The van der Waals surface area contributed by atoms with Gasteiger partial charge in [-0.3, -0.25) is 10.1 Å². The van der Waals surface area contributed by atoms with Crippen LogP contribution in [0.4, 0.5) is 0 Å². The van der Waals surface area contributed by atoms with Gasteiger partial charge in [-0.15, -0.1) is 11.8 Å². The fraction of sp³-hybridized carbons (Fsp3) is 0.300. The van der Waals surface area contributed by atoms with Crippen LogP contribution in [-0.2, 0) is 4.79 Å². The molecule has 0 bridgehead atoms. The number of thioether (sulfide) groups is 1. The molecule has 86 valence electrons. The SMILES string of the molecule is O=C(O)[C@@H]1CS[C@H](c2ccc(Cl)cc2Cl)N1. The lowest BCUT2D eigenvalue weighted by atomic mass is 10.2. The zero-order chi connectivity index (χ0) is 11.7. The van der Waals surface area contributed by atoms with Gasteiger partial charge in [0.2, 0.25) is 0 Å². The molecule has 1 heterocycles. The van der Waals surface area contributed by atoms with E-state index in [0.717, 1.165) is 5.56 Å². The molecule has 0 aromatic heterocycles. The molecule has 2 atom stereocenters. The summed E-state index contributed by atoms with van der Waals surface area (Å²) in [6, 6.07) is 4.72. The molecule has 0 saturated carbocycles. The Kier molecular flexibility index (Phi) is 3.64. The van der Waals surface area contributed by atoms with Gasteiger partial charge in [-0.05, 0) is 17.7 Å². The van der Waals surface area contributed by atoms with E-state index in [1.54, 1.807) is 12.1 Å². The fourth-order valence-corrected chi connectivity index (χ4v) is 3.36. The number of halogens is 2. The second kappa shape index (κ2) is 4.84. The molecule has 1 aromatic carbocycles. The summed E-state index contributed by atoms with van der Waals surface area (Å²) in [5.74, 6) is -0.293. The smallest absolute Gasteiger partial charge is 0.321 e. The molecule has 0 radical (unpaired) electrons. The number of carbonyl (C=O) groups is 1. The third-order valence-corrected chi connectivity index (χ3v) is 4.14. The molecule has 16 heavy (non-hydrogen) atoms. The summed E-state index contributed by atoms with van der Waals surface area (Å²) in [7, 11) is 0. The van der Waals surface area contributed by atoms with Crippen LogP contribution in [0.25, 0.3) is 0 Å². The molecule has 1 aliphatic rings. The van der Waals surface area contributed by atoms with Crippen LogP contribution in [0.1, 0.15) is 10.9 Å². The van der Waals surface area contributed by atoms with Gasteiger partial charge in [-0.2, -0.15) is 0 Å². The molecule has 2 N–H and O–H groups in total. The number of aliphatic carboxylic acids is 1. The first-order chi connectivity index (χ1) is 7.58. The summed E-state index contributed by atoms with van der Waals surface area (Å²) in [6.07, 6.45) is 0. The zero-order valence-corrected chi connectivity index (χ0v) is 10.4. The second-order valence-electron chi connectivity index (χ2n) is 3.44. The summed E-state index contributed by atoms with van der Waals surface area (Å²) in [5, 5.41) is 12.9. The number of hydrogen-bond acceptors (Lipinski definition) is 3. The summed E-state index contributed by atoms with van der Waals surface area (Å²) in [6.45, 7) is 0. The number of rotatable bonds is 2. The van der Waals surface area contributed by atoms with Gasteiger partial charge in [0.1, 0.15) is 6.04 Å². The molecule has 0 unspecified atom stereocenters. The van der Waals surface area contributed by atoms with Gasteiger partial charge in [-0.1, -0.05) is 29.3 Å². The Morgan fingerprint density at radius 2 is 2.25 bits per heavy atom. The monoisotopic (exact) mass is 277 g/mol. The van der Waals surface area contributed by atoms with E-state index < -0.39 is 12.0 Å². The van der Waals surface area contributed by atoms with E-state index in [4.69, 9.17) is 28.3 Å². The second-order valence-corrected chi connectivity index (χ2v) is 5.42. The number of carboxylic acids is 1. The molecule has 0 aliphatic carbocycles. The topological polar surface area (TPSA) is 49.3 Å². The highest BCUT2D eigenvalue weighted by molar-refractivity contribution is 7.99. The lowest BCUT2D eigenvalue weighted by Gasteiger charge is -2.13. The van der Waals surface area contributed by atoms with Crippen molar-refractivity contribution in [3.05, 3.63) is 33.8 Å². The molecular weight excluding hydrogens is 269 g/mol. The molecule has 0 amide bonds. The Morgan fingerprint density at radius 3 is 2.81 bits per heavy atom. The Labute approximate surface area is 107 Å². The van der Waals surface area contributed by atoms with Gasteiger partial charge in [0, 0.05) is 15.8 Å². The first kappa shape index (κ1) is 12.0. The normalized spacial score (nSPS) is 24.6. The Morgan fingerprint density at radius 1 is 1.50 bits per heavy atom. The minimum absolute atomic E-state index is 0.0779. The summed E-state index contributed by atoms with van der Waals surface area (Å²) in [4.78, 5) is 10.8. The fourth-order valence-electron chi connectivity index (χ4n) is 1.51. The van der Waals surface area contributed by atoms with Crippen molar-refractivity contribution in [2.45, 2.75) is 11.4 Å². The molecule has 1 saturated heterocycles. The highest BCUT2D eigenvalue weighted by Crippen LogP contribution is 2.37. The van der Waals surface area contributed by atoms with Crippen LogP contribution in [-0.4, -0.2) is 22.9 Å². The largest absolute Gasteiger partial charge is 0.480 e. The maximum absolute atomic E-state index is 10.8.